The van der Waals surface area contributed by atoms with Gasteiger partial charge in [-0.05, 0) is 18.1 Å². The van der Waals surface area contributed by atoms with E-state index in [2.05, 4.69) is 35.3 Å². The maximum absolute atomic E-state index is 9.87. The maximum atomic E-state index is 9.87. The summed E-state index contributed by atoms with van der Waals surface area (Å²) in [5, 5.41) is 2.58. The average Bonchev–Trinajstić information content (AvgIpc) is 2.89. The van der Waals surface area contributed by atoms with Gasteiger partial charge >= 0.3 is 67.7 Å². The molecule has 0 fully saturated rings. The molecule has 3 aromatic rings. The van der Waals surface area contributed by atoms with Crippen LogP contribution in [-0.2, 0) is 34.0 Å². The molecule has 33 heavy (non-hydrogen) atoms. The van der Waals surface area contributed by atoms with Crippen LogP contribution in [-0.4, -0.2) is 39.8 Å². The van der Waals surface area contributed by atoms with Crippen molar-refractivity contribution in [3.05, 3.63) is 108 Å². The van der Waals surface area contributed by atoms with Gasteiger partial charge in [-0.3, -0.25) is 9.59 Å². The Labute approximate surface area is 204 Å². The fourth-order valence-electron chi connectivity index (χ4n) is 2.14. The molecule has 174 valence electrons. The normalized spacial score (nSPS) is 8.42. The van der Waals surface area contributed by atoms with Crippen molar-refractivity contribution in [1.29, 1.82) is 0 Å². The van der Waals surface area contributed by atoms with Gasteiger partial charge in [0.25, 0.3) is 6.47 Å². The number of ether oxygens (including phenoxy) is 1. The van der Waals surface area contributed by atoms with Crippen molar-refractivity contribution in [2.24, 2.45) is 10.7 Å². The van der Waals surface area contributed by atoms with Crippen LogP contribution >= 0.6 is 0 Å². The van der Waals surface area contributed by atoms with Gasteiger partial charge in [-0.25, -0.2) is 0 Å². The van der Waals surface area contributed by atoms with E-state index >= 15 is 0 Å². The molecule has 0 bridgehead atoms. The summed E-state index contributed by atoms with van der Waals surface area (Å²) in [7, 11) is 0. The third-order valence-corrected chi connectivity index (χ3v) is 3.99. The molecule has 3 rings (SSSR count). The fraction of sp³-hybridized carbons (Fsp3) is 0.192. The monoisotopic (exact) mass is 513 g/mol. The Bertz CT molecular complexity index is 888. The molecule has 0 spiro atoms. The first-order valence-corrected chi connectivity index (χ1v) is 11.1. The Kier molecular flexibility index (Phi) is 21.0. The number of benzene rings is 3. The number of carbonyl (C=O) groups is 2. The van der Waals surface area contributed by atoms with Gasteiger partial charge in [0.15, 0.2) is 0 Å². The number of aliphatic imine (C=N–C) groups is 1. The molecule has 6 nitrogen and oxygen atoms in total. The van der Waals surface area contributed by atoms with Gasteiger partial charge in [0.05, 0.1) is 6.61 Å². The molecule has 0 aliphatic rings. The molecule has 0 unspecified atom stereocenters. The first kappa shape index (κ1) is 29.7. The summed E-state index contributed by atoms with van der Waals surface area (Å²) in [4.78, 5) is 23.0. The van der Waals surface area contributed by atoms with Crippen LogP contribution in [0.3, 0.4) is 0 Å². The van der Waals surface area contributed by atoms with Crippen LogP contribution in [0.25, 0.3) is 0 Å². The predicted octanol–water partition coefficient (Wildman–Crippen LogP) is 3.52. The SMILES string of the molecule is CCOC=O.NCc1ccccc1.O=CNCc1ccccc1.[Se]=C=NCc1ccccc1. The minimum atomic E-state index is 0.431. The van der Waals surface area contributed by atoms with Crippen LogP contribution in [0.15, 0.2) is 96.0 Å². The number of carbonyl (C=O) groups excluding carboxylic acids is 2. The quantitative estimate of drug-likeness (QED) is 0.274. The molecule has 0 aliphatic heterocycles. The third-order valence-electron chi connectivity index (χ3n) is 3.71. The molecule has 3 aromatic carbocycles. The molecule has 0 saturated heterocycles. The van der Waals surface area contributed by atoms with Crippen molar-refractivity contribution in [3.8, 4) is 0 Å². The van der Waals surface area contributed by atoms with Gasteiger partial charge < -0.3 is 15.8 Å². The van der Waals surface area contributed by atoms with Crippen LogP contribution in [0.1, 0.15) is 23.6 Å². The first-order valence-electron chi connectivity index (χ1n) is 10.3. The first-order chi connectivity index (χ1) is 16.2. The zero-order valence-electron chi connectivity index (χ0n) is 18.8. The Hall–Kier alpha value is -3.34. The van der Waals surface area contributed by atoms with Crippen molar-refractivity contribution < 1.29 is 14.3 Å². The number of amides is 1. The second-order valence-electron chi connectivity index (χ2n) is 6.12. The Balaban J connectivity index is 0.000000426. The topological polar surface area (TPSA) is 93.8 Å². The van der Waals surface area contributed by atoms with Crippen LogP contribution in [0.2, 0.25) is 0 Å². The minimum absolute atomic E-state index is 0.431. The Morgan fingerprint density at radius 3 is 1.70 bits per heavy atom. The van der Waals surface area contributed by atoms with Gasteiger partial charge in [0.2, 0.25) is 6.41 Å². The summed E-state index contributed by atoms with van der Waals surface area (Å²) in [6.45, 7) is 4.64. The van der Waals surface area contributed by atoms with E-state index in [1.54, 1.807) is 6.92 Å². The standard InChI is InChI=1S/C8H9NO.C8H7NSe.C7H9N.C3H6O2/c2*10-7-9-6-8-4-2-1-3-5-8;8-6-7-4-2-1-3-5-7;1-2-5-3-4/h1-5,7H,6H2,(H,9,10);1-5H,6H2;1-5H,6,8H2;3H,2H2,1H3. The van der Waals surface area contributed by atoms with Crippen LogP contribution in [0.4, 0.5) is 0 Å². The molecular formula is C26H31N3O3Se. The van der Waals surface area contributed by atoms with Gasteiger partial charge in [0, 0.05) is 13.1 Å². The van der Waals surface area contributed by atoms with E-state index in [-0.39, 0.29) is 0 Å². The summed E-state index contributed by atoms with van der Waals surface area (Å²) >= 11 is 2.60. The summed E-state index contributed by atoms with van der Waals surface area (Å²) in [5.41, 5.74) is 8.87. The van der Waals surface area contributed by atoms with Crippen molar-refractivity contribution in [2.75, 3.05) is 6.61 Å². The van der Waals surface area contributed by atoms with Gasteiger partial charge in [-0.15, -0.1) is 0 Å². The van der Waals surface area contributed by atoms with Crippen LogP contribution in [0.5, 0.6) is 0 Å². The summed E-state index contributed by atoms with van der Waals surface area (Å²) in [5.74, 6) is 0. The van der Waals surface area contributed by atoms with Crippen LogP contribution in [0, 0.1) is 0 Å². The van der Waals surface area contributed by atoms with E-state index in [1.807, 2.05) is 91.0 Å². The van der Waals surface area contributed by atoms with Gasteiger partial charge in [-0.2, -0.15) is 0 Å². The molecule has 0 heterocycles. The zero-order chi connectivity index (χ0) is 24.4. The summed E-state index contributed by atoms with van der Waals surface area (Å²) < 4.78 is 6.77. The molecule has 0 aliphatic carbocycles. The van der Waals surface area contributed by atoms with Crippen molar-refractivity contribution >= 4 is 33.2 Å². The molecule has 0 atom stereocenters. The molecule has 0 saturated carbocycles. The number of nitrogens with zero attached hydrogens (tertiary/aromatic N) is 1. The van der Waals surface area contributed by atoms with Crippen LogP contribution < -0.4 is 11.1 Å². The van der Waals surface area contributed by atoms with Crippen molar-refractivity contribution in [3.63, 3.8) is 0 Å². The van der Waals surface area contributed by atoms with E-state index in [9.17, 15) is 9.59 Å². The molecular weight excluding hydrogens is 481 g/mol. The Morgan fingerprint density at radius 1 is 0.879 bits per heavy atom. The Morgan fingerprint density at radius 2 is 1.36 bits per heavy atom. The number of nitrogens with one attached hydrogen (secondary N) is 1. The zero-order valence-corrected chi connectivity index (χ0v) is 20.5. The van der Waals surface area contributed by atoms with Crippen molar-refractivity contribution in [1.82, 2.24) is 5.32 Å². The second-order valence-corrected chi connectivity index (χ2v) is 6.50. The number of hydrogen-bond donors (Lipinski definition) is 2. The van der Waals surface area contributed by atoms with E-state index in [0.717, 1.165) is 5.56 Å². The van der Waals surface area contributed by atoms with E-state index in [4.69, 9.17) is 5.73 Å². The number of nitrogens with two attached hydrogens (primary N) is 1. The van der Waals surface area contributed by atoms with Gasteiger partial charge in [-0.1, -0.05) is 60.7 Å². The van der Waals surface area contributed by atoms with E-state index < -0.39 is 0 Å². The summed E-state index contributed by atoms with van der Waals surface area (Å²) in [6, 6.07) is 29.9. The molecule has 0 radical (unpaired) electrons. The van der Waals surface area contributed by atoms with Gasteiger partial charge in [0.1, 0.15) is 0 Å². The molecule has 3 N–H and O–H groups in total. The third kappa shape index (κ3) is 19.1. The summed E-state index contributed by atoms with van der Waals surface area (Å²) in [6.07, 6.45) is 0.701. The number of hydrogen-bond acceptors (Lipinski definition) is 5. The van der Waals surface area contributed by atoms with Crippen molar-refractivity contribution in [2.45, 2.75) is 26.6 Å². The second kappa shape index (κ2) is 23.3. The average molecular weight is 513 g/mol. The molecule has 1 amide bonds. The number of rotatable bonds is 8. The fourth-order valence-corrected chi connectivity index (χ4v) is 2.28. The van der Waals surface area contributed by atoms with E-state index in [1.165, 1.54) is 11.1 Å². The van der Waals surface area contributed by atoms with E-state index in [0.29, 0.717) is 39.1 Å². The predicted molar refractivity (Wildman–Crippen MR) is 135 cm³/mol. The molecule has 7 heteroatoms. The molecule has 0 aromatic heterocycles.